The van der Waals surface area contributed by atoms with Gasteiger partial charge in [0.05, 0.1) is 12.1 Å². The predicted molar refractivity (Wildman–Crippen MR) is 59.7 cm³/mol. The van der Waals surface area contributed by atoms with Crippen molar-refractivity contribution in [3.05, 3.63) is 36.0 Å². The third-order valence-corrected chi connectivity index (χ3v) is 2.33. The van der Waals surface area contributed by atoms with Gasteiger partial charge in [0.25, 0.3) is 0 Å². The first-order chi connectivity index (χ1) is 7.77. The second-order valence-electron chi connectivity index (χ2n) is 3.29. The number of hydrogen-bond donors (Lipinski definition) is 0. The van der Waals surface area contributed by atoms with Crippen LogP contribution in [0.15, 0.2) is 30.5 Å². The lowest BCUT2D eigenvalue weighted by atomic mass is 10.1. The molecule has 0 aliphatic carbocycles. The number of hydrogen-bond acceptors (Lipinski definition) is 3. The first-order valence-electron chi connectivity index (χ1n) is 5.00. The van der Waals surface area contributed by atoms with E-state index in [1.807, 2.05) is 6.07 Å². The van der Waals surface area contributed by atoms with Gasteiger partial charge in [-0.25, -0.2) is 4.79 Å². The Bertz CT molecular complexity index is 542. The molecular weight excluding hydrogens is 206 g/mol. The Balaban J connectivity index is 2.62. The van der Waals surface area contributed by atoms with Gasteiger partial charge < -0.3 is 4.74 Å². The second kappa shape index (κ2) is 4.18. The number of carbonyl (C=O) groups is 2. The van der Waals surface area contributed by atoms with Crippen LogP contribution in [0.3, 0.4) is 0 Å². The maximum Gasteiger partial charge on any atom is 0.418 e. The van der Waals surface area contributed by atoms with Gasteiger partial charge in [0.1, 0.15) is 0 Å². The highest BCUT2D eigenvalue weighted by Gasteiger charge is 2.12. The lowest BCUT2D eigenvalue weighted by Gasteiger charge is -2.05. The highest BCUT2D eigenvalue weighted by molar-refractivity contribution is 6.00. The first-order valence-corrected chi connectivity index (χ1v) is 5.00. The molecule has 0 N–H and O–H groups in total. The molecule has 0 aliphatic heterocycles. The molecule has 4 heteroatoms. The average molecular weight is 217 g/mol. The lowest BCUT2D eigenvalue weighted by Crippen LogP contribution is -2.12. The summed E-state index contributed by atoms with van der Waals surface area (Å²) in [5, 5.41) is 0.845. The van der Waals surface area contributed by atoms with Crippen molar-refractivity contribution in [1.29, 1.82) is 0 Å². The van der Waals surface area contributed by atoms with Crippen molar-refractivity contribution in [2.75, 3.05) is 6.61 Å². The monoisotopic (exact) mass is 217 g/mol. The molecule has 4 nitrogen and oxygen atoms in total. The quantitative estimate of drug-likeness (QED) is 0.726. The van der Waals surface area contributed by atoms with E-state index in [2.05, 4.69) is 0 Å². The summed E-state index contributed by atoms with van der Waals surface area (Å²) in [5.74, 6) is 0. The summed E-state index contributed by atoms with van der Waals surface area (Å²) in [7, 11) is 0. The van der Waals surface area contributed by atoms with Crippen molar-refractivity contribution in [3.63, 3.8) is 0 Å². The molecule has 0 saturated carbocycles. The van der Waals surface area contributed by atoms with Crippen LogP contribution in [-0.4, -0.2) is 23.6 Å². The van der Waals surface area contributed by atoms with Crippen molar-refractivity contribution < 1.29 is 14.3 Å². The number of fused-ring (bicyclic) bond motifs is 1. The van der Waals surface area contributed by atoms with Crippen LogP contribution in [0.25, 0.3) is 10.9 Å². The fourth-order valence-corrected chi connectivity index (χ4v) is 1.66. The van der Waals surface area contributed by atoms with Crippen LogP contribution in [0, 0.1) is 0 Å². The molecule has 0 amide bonds. The lowest BCUT2D eigenvalue weighted by molar-refractivity contribution is 0.112. The van der Waals surface area contributed by atoms with E-state index in [0.717, 1.165) is 11.7 Å². The standard InChI is InChI=1S/C12H11NO3/c1-2-16-12(15)13-7-6-9-4-3-5-10(8-14)11(9)13/h3-8H,2H2,1H3. The fraction of sp³-hybridized carbons (Fsp3) is 0.167. The van der Waals surface area contributed by atoms with Crippen molar-refractivity contribution >= 4 is 23.3 Å². The van der Waals surface area contributed by atoms with Crippen LogP contribution in [0.5, 0.6) is 0 Å². The molecule has 1 aromatic heterocycles. The third kappa shape index (κ3) is 1.58. The first kappa shape index (κ1) is 10.4. The number of benzene rings is 1. The molecule has 2 rings (SSSR count). The Morgan fingerprint density at radius 3 is 2.94 bits per heavy atom. The van der Waals surface area contributed by atoms with E-state index in [0.29, 0.717) is 17.7 Å². The Morgan fingerprint density at radius 1 is 1.44 bits per heavy atom. The van der Waals surface area contributed by atoms with Crippen LogP contribution in [0.2, 0.25) is 0 Å². The molecule has 0 saturated heterocycles. The molecule has 1 aromatic carbocycles. The summed E-state index contributed by atoms with van der Waals surface area (Å²) in [5.41, 5.74) is 1.08. The highest BCUT2D eigenvalue weighted by atomic mass is 16.5. The number of carbonyl (C=O) groups excluding carboxylic acids is 2. The highest BCUT2D eigenvalue weighted by Crippen LogP contribution is 2.19. The van der Waals surface area contributed by atoms with Crippen LogP contribution in [0.1, 0.15) is 17.3 Å². The van der Waals surface area contributed by atoms with Gasteiger partial charge >= 0.3 is 6.09 Å². The molecule has 0 aliphatic rings. The summed E-state index contributed by atoms with van der Waals surface area (Å²) in [6.07, 6.45) is 1.88. The van der Waals surface area contributed by atoms with Gasteiger partial charge in [-0.15, -0.1) is 0 Å². The fourth-order valence-electron chi connectivity index (χ4n) is 1.66. The maximum absolute atomic E-state index is 11.6. The minimum absolute atomic E-state index is 0.307. The summed E-state index contributed by atoms with van der Waals surface area (Å²) < 4.78 is 6.25. The van der Waals surface area contributed by atoms with Crippen LogP contribution < -0.4 is 0 Å². The van der Waals surface area contributed by atoms with E-state index in [-0.39, 0.29) is 0 Å². The molecule has 0 fully saturated rings. The van der Waals surface area contributed by atoms with Gasteiger partial charge in [0.15, 0.2) is 6.29 Å². The van der Waals surface area contributed by atoms with E-state index in [1.165, 1.54) is 4.57 Å². The Hall–Kier alpha value is -2.10. The van der Waals surface area contributed by atoms with Crippen LogP contribution in [0.4, 0.5) is 4.79 Å². The normalized spacial score (nSPS) is 10.3. The van der Waals surface area contributed by atoms with Crippen molar-refractivity contribution in [1.82, 2.24) is 4.57 Å². The SMILES string of the molecule is CCOC(=O)n1ccc2cccc(C=O)c21. The molecule has 0 radical (unpaired) electrons. The molecule has 16 heavy (non-hydrogen) atoms. The minimum Gasteiger partial charge on any atom is -0.449 e. The van der Waals surface area contributed by atoms with E-state index in [4.69, 9.17) is 4.74 Å². The van der Waals surface area contributed by atoms with Gasteiger partial charge in [-0.3, -0.25) is 9.36 Å². The maximum atomic E-state index is 11.6. The topological polar surface area (TPSA) is 48.3 Å². The minimum atomic E-state index is -0.466. The number of aldehydes is 1. The summed E-state index contributed by atoms with van der Waals surface area (Å²) in [6.45, 7) is 2.05. The van der Waals surface area contributed by atoms with E-state index < -0.39 is 6.09 Å². The van der Waals surface area contributed by atoms with Crippen molar-refractivity contribution in [3.8, 4) is 0 Å². The van der Waals surface area contributed by atoms with Gasteiger partial charge in [0.2, 0.25) is 0 Å². The van der Waals surface area contributed by atoms with Gasteiger partial charge in [-0.1, -0.05) is 12.1 Å². The largest absolute Gasteiger partial charge is 0.449 e. The van der Waals surface area contributed by atoms with E-state index >= 15 is 0 Å². The molecule has 0 bridgehead atoms. The molecule has 0 atom stereocenters. The Labute approximate surface area is 92.4 Å². The summed E-state index contributed by atoms with van der Waals surface area (Å²) in [4.78, 5) is 22.5. The third-order valence-electron chi connectivity index (χ3n) is 2.33. The molecule has 1 heterocycles. The predicted octanol–water partition coefficient (Wildman–Crippen LogP) is 2.46. The van der Waals surface area contributed by atoms with E-state index in [1.54, 1.807) is 31.3 Å². The van der Waals surface area contributed by atoms with Crippen LogP contribution >= 0.6 is 0 Å². The van der Waals surface area contributed by atoms with Gasteiger partial charge in [-0.2, -0.15) is 0 Å². The number of para-hydroxylation sites is 1. The molecule has 0 spiro atoms. The summed E-state index contributed by atoms with van der Waals surface area (Å²) in [6, 6.07) is 7.07. The zero-order valence-electron chi connectivity index (χ0n) is 8.84. The molecule has 2 aromatic rings. The van der Waals surface area contributed by atoms with E-state index in [9.17, 15) is 9.59 Å². The van der Waals surface area contributed by atoms with Crippen LogP contribution in [-0.2, 0) is 4.74 Å². The summed E-state index contributed by atoms with van der Waals surface area (Å²) >= 11 is 0. The smallest absolute Gasteiger partial charge is 0.418 e. The number of aromatic nitrogens is 1. The zero-order chi connectivity index (χ0) is 11.5. The van der Waals surface area contributed by atoms with Crippen molar-refractivity contribution in [2.45, 2.75) is 6.92 Å². The number of ether oxygens (including phenoxy) is 1. The Morgan fingerprint density at radius 2 is 2.25 bits per heavy atom. The second-order valence-corrected chi connectivity index (χ2v) is 3.29. The number of nitrogens with zero attached hydrogens (tertiary/aromatic N) is 1. The Kier molecular flexibility index (Phi) is 2.72. The van der Waals surface area contributed by atoms with Crippen molar-refractivity contribution in [2.24, 2.45) is 0 Å². The van der Waals surface area contributed by atoms with Gasteiger partial charge in [-0.05, 0) is 19.1 Å². The molecule has 0 unspecified atom stereocenters. The average Bonchev–Trinajstić information content (AvgIpc) is 2.72. The molecule has 82 valence electrons. The van der Waals surface area contributed by atoms with Gasteiger partial charge in [0, 0.05) is 17.1 Å². The number of rotatable bonds is 2. The zero-order valence-corrected chi connectivity index (χ0v) is 8.84. The molecular formula is C12H11NO3.